The second-order valence-electron chi connectivity index (χ2n) is 4.61. The molecule has 18 heavy (non-hydrogen) atoms. The lowest BCUT2D eigenvalue weighted by molar-refractivity contribution is -0.175. The number of carbonyl (C=O) groups is 1. The molecule has 0 aromatic carbocycles. The van der Waals surface area contributed by atoms with Crippen molar-refractivity contribution in [1.29, 1.82) is 0 Å². The standard InChI is InChI=1S/C13H16O4S/c1-15-12(14)8-9-7-10-11(18-9)3-2-4-13(10)16-5-6-17-13/h7H,2-6,8H2,1H3. The van der Waals surface area contributed by atoms with Gasteiger partial charge in [-0.2, -0.15) is 0 Å². The maximum absolute atomic E-state index is 11.3. The summed E-state index contributed by atoms with van der Waals surface area (Å²) in [6, 6.07) is 2.06. The first-order valence-electron chi connectivity index (χ1n) is 6.20. The predicted octanol–water partition coefficient (Wildman–Crippen LogP) is 2.00. The Morgan fingerprint density at radius 3 is 3.00 bits per heavy atom. The first kappa shape index (κ1) is 12.1. The van der Waals surface area contributed by atoms with Gasteiger partial charge in [-0.05, 0) is 18.9 Å². The maximum Gasteiger partial charge on any atom is 0.310 e. The van der Waals surface area contributed by atoms with E-state index < -0.39 is 5.79 Å². The van der Waals surface area contributed by atoms with Gasteiger partial charge in [-0.25, -0.2) is 0 Å². The van der Waals surface area contributed by atoms with Gasteiger partial charge in [0.15, 0.2) is 5.79 Å². The Morgan fingerprint density at radius 2 is 2.28 bits per heavy atom. The summed E-state index contributed by atoms with van der Waals surface area (Å²) >= 11 is 1.68. The first-order chi connectivity index (χ1) is 8.73. The summed E-state index contributed by atoms with van der Waals surface area (Å²) in [5, 5.41) is 0. The second-order valence-corrected chi connectivity index (χ2v) is 5.83. The lowest BCUT2D eigenvalue weighted by Crippen LogP contribution is -2.30. The van der Waals surface area contributed by atoms with Gasteiger partial charge in [-0.3, -0.25) is 4.79 Å². The molecule has 5 heteroatoms. The molecule has 1 aliphatic heterocycles. The third-order valence-electron chi connectivity index (χ3n) is 3.48. The molecule has 1 aromatic heterocycles. The number of hydrogen-bond donors (Lipinski definition) is 0. The zero-order valence-corrected chi connectivity index (χ0v) is 11.2. The van der Waals surface area contributed by atoms with Crippen LogP contribution in [0.4, 0.5) is 0 Å². The van der Waals surface area contributed by atoms with Crippen molar-refractivity contribution in [2.24, 2.45) is 0 Å². The monoisotopic (exact) mass is 268 g/mol. The fraction of sp³-hybridized carbons (Fsp3) is 0.615. The van der Waals surface area contributed by atoms with Crippen LogP contribution in [0.2, 0.25) is 0 Å². The van der Waals surface area contributed by atoms with E-state index in [1.165, 1.54) is 12.0 Å². The maximum atomic E-state index is 11.3. The summed E-state index contributed by atoms with van der Waals surface area (Å²) in [5.74, 6) is -0.728. The molecule has 0 N–H and O–H groups in total. The molecule has 0 unspecified atom stereocenters. The molecule has 1 aliphatic carbocycles. The molecule has 3 rings (SSSR count). The van der Waals surface area contributed by atoms with Crippen molar-refractivity contribution < 1.29 is 19.0 Å². The highest BCUT2D eigenvalue weighted by Crippen LogP contribution is 2.45. The molecule has 1 spiro atoms. The van der Waals surface area contributed by atoms with Gasteiger partial charge < -0.3 is 14.2 Å². The van der Waals surface area contributed by atoms with E-state index >= 15 is 0 Å². The van der Waals surface area contributed by atoms with Crippen molar-refractivity contribution in [3.8, 4) is 0 Å². The van der Waals surface area contributed by atoms with Crippen LogP contribution in [0.5, 0.6) is 0 Å². The molecule has 0 atom stereocenters. The lowest BCUT2D eigenvalue weighted by Gasteiger charge is -2.31. The molecular formula is C13H16O4S. The molecule has 4 nitrogen and oxygen atoms in total. The third kappa shape index (κ3) is 1.96. The minimum atomic E-state index is -0.529. The smallest absolute Gasteiger partial charge is 0.310 e. The number of aryl methyl sites for hydroxylation is 1. The number of esters is 1. The zero-order valence-electron chi connectivity index (χ0n) is 10.4. The summed E-state index contributed by atoms with van der Waals surface area (Å²) in [4.78, 5) is 13.7. The highest BCUT2D eigenvalue weighted by atomic mass is 32.1. The van der Waals surface area contributed by atoms with E-state index in [-0.39, 0.29) is 5.97 Å². The predicted molar refractivity (Wildman–Crippen MR) is 66.6 cm³/mol. The minimum Gasteiger partial charge on any atom is -0.469 e. The largest absolute Gasteiger partial charge is 0.469 e. The van der Waals surface area contributed by atoms with E-state index in [1.54, 1.807) is 11.3 Å². The number of thiophene rings is 1. The van der Waals surface area contributed by atoms with Crippen molar-refractivity contribution in [3.63, 3.8) is 0 Å². The molecule has 1 aromatic rings. The number of ether oxygens (including phenoxy) is 3. The van der Waals surface area contributed by atoms with E-state index in [2.05, 4.69) is 6.07 Å². The Kier molecular flexibility index (Phi) is 3.13. The highest BCUT2D eigenvalue weighted by molar-refractivity contribution is 7.12. The van der Waals surface area contributed by atoms with E-state index in [0.717, 1.165) is 29.7 Å². The van der Waals surface area contributed by atoms with Gasteiger partial charge in [0, 0.05) is 21.7 Å². The van der Waals surface area contributed by atoms with Crippen molar-refractivity contribution in [1.82, 2.24) is 0 Å². The summed E-state index contributed by atoms with van der Waals surface area (Å²) in [6.45, 7) is 1.31. The lowest BCUT2D eigenvalue weighted by atomic mass is 9.92. The van der Waals surface area contributed by atoms with Crippen LogP contribution in [-0.4, -0.2) is 26.3 Å². The third-order valence-corrected chi connectivity index (χ3v) is 4.67. The van der Waals surface area contributed by atoms with Crippen LogP contribution in [0, 0.1) is 0 Å². The summed E-state index contributed by atoms with van der Waals surface area (Å²) < 4.78 is 16.3. The number of carbonyl (C=O) groups excluding carboxylic acids is 1. The van der Waals surface area contributed by atoms with Crippen LogP contribution in [0.3, 0.4) is 0 Å². The Hall–Kier alpha value is -0.910. The van der Waals surface area contributed by atoms with Crippen LogP contribution in [0.15, 0.2) is 6.07 Å². The summed E-state index contributed by atoms with van der Waals surface area (Å²) in [6.07, 6.45) is 3.37. The molecule has 1 saturated heterocycles. The Balaban J connectivity index is 1.90. The topological polar surface area (TPSA) is 44.8 Å². The van der Waals surface area contributed by atoms with E-state index in [1.807, 2.05) is 0 Å². The van der Waals surface area contributed by atoms with Gasteiger partial charge in [-0.15, -0.1) is 11.3 Å². The van der Waals surface area contributed by atoms with Gasteiger partial charge in [0.05, 0.1) is 26.7 Å². The molecular weight excluding hydrogens is 252 g/mol. The SMILES string of the molecule is COC(=O)Cc1cc2c(s1)CCCC21OCCO1. The molecule has 1 fully saturated rings. The average molecular weight is 268 g/mol. The average Bonchev–Trinajstić information content (AvgIpc) is 2.97. The second kappa shape index (κ2) is 4.64. The van der Waals surface area contributed by atoms with Gasteiger partial charge in [0.25, 0.3) is 0 Å². The van der Waals surface area contributed by atoms with Crippen LogP contribution in [0.1, 0.15) is 28.2 Å². The Bertz CT molecular complexity index is 460. The van der Waals surface area contributed by atoms with Crippen molar-refractivity contribution in [3.05, 3.63) is 21.4 Å². The normalized spacial score (nSPS) is 20.9. The fourth-order valence-electron chi connectivity index (χ4n) is 2.66. The summed E-state index contributed by atoms with van der Waals surface area (Å²) in [5.41, 5.74) is 1.13. The Labute approximate surface area is 110 Å². The van der Waals surface area contributed by atoms with Crippen molar-refractivity contribution in [2.45, 2.75) is 31.5 Å². The van der Waals surface area contributed by atoms with Gasteiger partial charge in [0.2, 0.25) is 0 Å². The quantitative estimate of drug-likeness (QED) is 0.770. The molecule has 2 heterocycles. The molecule has 0 saturated carbocycles. The van der Waals surface area contributed by atoms with Crippen molar-refractivity contribution >= 4 is 17.3 Å². The molecule has 2 aliphatic rings. The molecule has 0 bridgehead atoms. The highest BCUT2D eigenvalue weighted by Gasteiger charge is 2.43. The van der Waals surface area contributed by atoms with E-state index in [0.29, 0.717) is 19.6 Å². The van der Waals surface area contributed by atoms with Crippen LogP contribution in [0.25, 0.3) is 0 Å². The van der Waals surface area contributed by atoms with Gasteiger partial charge in [0.1, 0.15) is 0 Å². The zero-order chi connectivity index (χ0) is 12.6. The number of fused-ring (bicyclic) bond motifs is 2. The van der Waals surface area contributed by atoms with Gasteiger partial charge in [-0.1, -0.05) is 0 Å². The molecule has 0 amide bonds. The van der Waals surface area contributed by atoms with Crippen LogP contribution in [-0.2, 0) is 37.6 Å². The van der Waals surface area contributed by atoms with Crippen molar-refractivity contribution in [2.75, 3.05) is 20.3 Å². The number of hydrogen-bond acceptors (Lipinski definition) is 5. The van der Waals surface area contributed by atoms with Gasteiger partial charge >= 0.3 is 5.97 Å². The van der Waals surface area contributed by atoms with Crippen LogP contribution >= 0.6 is 11.3 Å². The van der Waals surface area contributed by atoms with Crippen LogP contribution < -0.4 is 0 Å². The Morgan fingerprint density at radius 1 is 1.50 bits per heavy atom. The fourth-order valence-corrected chi connectivity index (χ4v) is 3.92. The van der Waals surface area contributed by atoms with E-state index in [4.69, 9.17) is 14.2 Å². The number of methoxy groups -OCH3 is 1. The number of rotatable bonds is 2. The molecule has 0 radical (unpaired) electrons. The van der Waals surface area contributed by atoms with E-state index in [9.17, 15) is 4.79 Å². The first-order valence-corrected chi connectivity index (χ1v) is 7.02. The molecule has 98 valence electrons. The minimum absolute atomic E-state index is 0.198. The summed E-state index contributed by atoms with van der Waals surface area (Å²) in [7, 11) is 1.42.